The van der Waals surface area contributed by atoms with E-state index in [-0.39, 0.29) is 29.2 Å². The van der Waals surface area contributed by atoms with Crippen molar-refractivity contribution in [3.8, 4) is 0 Å². The Balaban J connectivity index is 2.99. The molecule has 16 heavy (non-hydrogen) atoms. The van der Waals surface area contributed by atoms with E-state index < -0.39 is 11.8 Å². The van der Waals surface area contributed by atoms with Gasteiger partial charge in [0, 0.05) is 5.56 Å². The van der Waals surface area contributed by atoms with E-state index in [0.29, 0.717) is 6.29 Å². The van der Waals surface area contributed by atoms with E-state index >= 15 is 0 Å². The highest BCUT2D eigenvalue weighted by Crippen LogP contribution is 2.22. The summed E-state index contributed by atoms with van der Waals surface area (Å²) in [6, 6.07) is 2.14. The molecule has 0 amide bonds. The van der Waals surface area contributed by atoms with Gasteiger partial charge in [-0.15, -0.1) is 0 Å². The molecule has 5 heteroatoms. The molecule has 0 fully saturated rings. The number of halogens is 2. The fourth-order valence-electron chi connectivity index (χ4n) is 1.25. The fraction of sp³-hybridized carbons (Fsp3) is 0.273. The fourth-order valence-corrected chi connectivity index (χ4v) is 1.47. The van der Waals surface area contributed by atoms with Crippen molar-refractivity contribution < 1.29 is 18.7 Å². The van der Waals surface area contributed by atoms with Crippen LogP contribution in [-0.4, -0.2) is 18.9 Å². The van der Waals surface area contributed by atoms with Gasteiger partial charge >= 0.3 is 5.97 Å². The van der Waals surface area contributed by atoms with Crippen LogP contribution in [0.15, 0.2) is 12.1 Å². The molecule has 0 atom stereocenters. The molecule has 0 aliphatic rings. The lowest BCUT2D eigenvalue weighted by molar-refractivity contribution is -0.142. The highest BCUT2D eigenvalue weighted by Gasteiger charge is 2.12. The van der Waals surface area contributed by atoms with Crippen molar-refractivity contribution in [2.45, 2.75) is 13.3 Å². The van der Waals surface area contributed by atoms with Crippen LogP contribution in [0.3, 0.4) is 0 Å². The number of rotatable bonds is 4. The van der Waals surface area contributed by atoms with E-state index in [0.717, 1.165) is 12.1 Å². The molecule has 0 aromatic heterocycles. The number of hydrogen-bond donors (Lipinski definition) is 0. The first-order chi connectivity index (χ1) is 7.58. The molecule has 0 N–H and O–H groups in total. The van der Waals surface area contributed by atoms with Crippen molar-refractivity contribution in [3.63, 3.8) is 0 Å². The third kappa shape index (κ3) is 3.03. The van der Waals surface area contributed by atoms with Crippen LogP contribution < -0.4 is 0 Å². The van der Waals surface area contributed by atoms with Crippen LogP contribution in [0.25, 0.3) is 0 Å². The number of hydrogen-bond acceptors (Lipinski definition) is 3. The second-order valence-corrected chi connectivity index (χ2v) is 3.45. The van der Waals surface area contributed by atoms with Crippen LogP contribution in [-0.2, 0) is 16.0 Å². The normalized spacial score (nSPS) is 9.94. The Bertz CT molecular complexity index is 418. The maximum atomic E-state index is 13.1. The van der Waals surface area contributed by atoms with E-state index in [4.69, 9.17) is 16.3 Å². The van der Waals surface area contributed by atoms with Gasteiger partial charge in [-0.05, 0) is 24.6 Å². The first-order valence-corrected chi connectivity index (χ1v) is 5.05. The number of esters is 1. The van der Waals surface area contributed by atoms with Crippen LogP contribution in [0.5, 0.6) is 0 Å². The van der Waals surface area contributed by atoms with E-state index in [1.165, 1.54) is 0 Å². The third-order valence-corrected chi connectivity index (χ3v) is 2.37. The quantitative estimate of drug-likeness (QED) is 0.603. The maximum absolute atomic E-state index is 13.1. The van der Waals surface area contributed by atoms with Gasteiger partial charge in [0.05, 0.1) is 18.1 Å². The Kier molecular flexibility index (Phi) is 4.43. The molecule has 1 aromatic rings. The molecule has 3 nitrogen and oxygen atoms in total. The van der Waals surface area contributed by atoms with Crippen LogP contribution in [0.1, 0.15) is 22.8 Å². The summed E-state index contributed by atoms with van der Waals surface area (Å²) < 4.78 is 17.8. The minimum Gasteiger partial charge on any atom is -0.466 e. The van der Waals surface area contributed by atoms with Crippen LogP contribution in [0, 0.1) is 5.82 Å². The van der Waals surface area contributed by atoms with Gasteiger partial charge in [0.1, 0.15) is 5.82 Å². The Morgan fingerprint density at radius 2 is 2.25 bits per heavy atom. The number of ether oxygens (including phenoxy) is 1. The van der Waals surface area contributed by atoms with Crippen molar-refractivity contribution in [1.29, 1.82) is 0 Å². The first kappa shape index (κ1) is 12.6. The van der Waals surface area contributed by atoms with Gasteiger partial charge in [0.15, 0.2) is 6.29 Å². The zero-order chi connectivity index (χ0) is 12.1. The summed E-state index contributed by atoms with van der Waals surface area (Å²) in [6.45, 7) is 1.91. The van der Waals surface area contributed by atoms with Gasteiger partial charge in [0.2, 0.25) is 0 Å². The van der Waals surface area contributed by atoms with Gasteiger partial charge < -0.3 is 4.74 Å². The molecule has 0 saturated carbocycles. The minimum atomic E-state index is -0.606. The average molecular weight is 245 g/mol. The zero-order valence-electron chi connectivity index (χ0n) is 8.63. The third-order valence-electron chi connectivity index (χ3n) is 1.91. The molecular weight excluding hydrogens is 235 g/mol. The molecule has 0 saturated heterocycles. The predicted octanol–water partition coefficient (Wildman–Crippen LogP) is 2.40. The number of carbonyl (C=O) groups excluding carboxylic acids is 2. The zero-order valence-corrected chi connectivity index (χ0v) is 9.38. The van der Waals surface area contributed by atoms with Gasteiger partial charge in [-0.1, -0.05) is 11.6 Å². The van der Waals surface area contributed by atoms with Gasteiger partial charge in [-0.3, -0.25) is 9.59 Å². The molecule has 0 bridgehead atoms. The summed E-state index contributed by atoms with van der Waals surface area (Å²) >= 11 is 5.82. The van der Waals surface area contributed by atoms with Crippen molar-refractivity contribution in [3.05, 3.63) is 34.1 Å². The first-order valence-electron chi connectivity index (χ1n) is 4.67. The molecule has 0 unspecified atom stereocenters. The average Bonchev–Trinajstić information content (AvgIpc) is 2.23. The molecule has 0 radical (unpaired) electrons. The second-order valence-electron chi connectivity index (χ2n) is 3.07. The molecule has 0 aliphatic heterocycles. The SMILES string of the molecule is CCOC(=O)Cc1cc(F)cc(C=O)c1Cl. The summed E-state index contributed by atoms with van der Waals surface area (Å²) in [7, 11) is 0. The Labute approximate surface area is 97.2 Å². The maximum Gasteiger partial charge on any atom is 0.310 e. The van der Waals surface area contributed by atoms with Crippen molar-refractivity contribution in [1.82, 2.24) is 0 Å². The highest BCUT2D eigenvalue weighted by molar-refractivity contribution is 6.33. The lowest BCUT2D eigenvalue weighted by Gasteiger charge is -2.06. The molecule has 0 aliphatic carbocycles. The number of aldehydes is 1. The number of carbonyl (C=O) groups is 2. The van der Waals surface area contributed by atoms with Gasteiger partial charge in [-0.2, -0.15) is 0 Å². The largest absolute Gasteiger partial charge is 0.466 e. The molecule has 86 valence electrons. The molecule has 1 rings (SSSR count). The van der Waals surface area contributed by atoms with Crippen molar-refractivity contribution >= 4 is 23.9 Å². The Morgan fingerprint density at radius 1 is 1.56 bits per heavy atom. The van der Waals surface area contributed by atoms with Crippen molar-refractivity contribution in [2.24, 2.45) is 0 Å². The molecule has 0 heterocycles. The topological polar surface area (TPSA) is 43.4 Å². The van der Waals surface area contributed by atoms with Gasteiger partial charge in [-0.25, -0.2) is 4.39 Å². The minimum absolute atomic E-state index is 0.0287. The lowest BCUT2D eigenvalue weighted by atomic mass is 10.1. The summed E-state index contributed by atoms with van der Waals surface area (Å²) in [5, 5.41) is 0.0875. The Morgan fingerprint density at radius 3 is 2.81 bits per heavy atom. The Hall–Kier alpha value is -1.42. The van der Waals surface area contributed by atoms with E-state index in [1.807, 2.05) is 0 Å². The molecule has 1 aromatic carbocycles. The van der Waals surface area contributed by atoms with Crippen LogP contribution in [0.4, 0.5) is 4.39 Å². The monoisotopic (exact) mass is 244 g/mol. The van der Waals surface area contributed by atoms with E-state index in [2.05, 4.69) is 0 Å². The standard InChI is InChI=1S/C11H10ClFO3/c1-2-16-10(15)5-7-3-9(13)4-8(6-14)11(7)12/h3-4,6H,2,5H2,1H3. The smallest absolute Gasteiger partial charge is 0.310 e. The van der Waals surface area contributed by atoms with Crippen LogP contribution in [0.2, 0.25) is 5.02 Å². The predicted molar refractivity (Wildman–Crippen MR) is 57.1 cm³/mol. The van der Waals surface area contributed by atoms with E-state index in [1.54, 1.807) is 6.92 Å². The summed E-state index contributed by atoms with van der Waals surface area (Å²) in [5.41, 5.74) is 0.281. The molecule has 0 spiro atoms. The summed E-state index contributed by atoms with van der Waals surface area (Å²) in [4.78, 5) is 21.8. The van der Waals surface area contributed by atoms with Gasteiger partial charge in [0.25, 0.3) is 0 Å². The lowest BCUT2D eigenvalue weighted by Crippen LogP contribution is -2.08. The number of benzene rings is 1. The molecular formula is C11H10ClFO3. The van der Waals surface area contributed by atoms with Crippen molar-refractivity contribution in [2.75, 3.05) is 6.61 Å². The highest BCUT2D eigenvalue weighted by atomic mass is 35.5. The second kappa shape index (κ2) is 5.61. The summed E-state index contributed by atoms with van der Waals surface area (Å²) in [5.74, 6) is -1.11. The van der Waals surface area contributed by atoms with Crippen LogP contribution >= 0.6 is 11.6 Å². The van der Waals surface area contributed by atoms with E-state index in [9.17, 15) is 14.0 Å². The summed E-state index contributed by atoms with van der Waals surface area (Å²) in [6.07, 6.45) is 0.297.